The Morgan fingerprint density at radius 1 is 1.39 bits per heavy atom. The molecule has 18 heavy (non-hydrogen) atoms. The SMILES string of the molecule is COC(=O)CC1C=CCN(C(=O)OC(C)(C)C)C1. The second kappa shape index (κ2) is 5.89. The molecule has 1 heterocycles. The molecule has 0 fully saturated rings. The molecule has 5 heteroatoms. The molecule has 0 radical (unpaired) electrons. The van der Waals surface area contributed by atoms with Crippen LogP contribution in [0.2, 0.25) is 0 Å². The average Bonchev–Trinajstić information content (AvgIpc) is 2.27. The highest BCUT2D eigenvalue weighted by Crippen LogP contribution is 2.17. The lowest BCUT2D eigenvalue weighted by Gasteiger charge is -2.30. The van der Waals surface area contributed by atoms with Crippen LogP contribution in [0.25, 0.3) is 0 Å². The summed E-state index contributed by atoms with van der Waals surface area (Å²) in [6.07, 6.45) is 3.76. The van der Waals surface area contributed by atoms with Gasteiger partial charge >= 0.3 is 12.1 Å². The Bertz CT molecular complexity index is 343. The first-order valence-electron chi connectivity index (χ1n) is 6.03. The van der Waals surface area contributed by atoms with Crippen LogP contribution in [0.4, 0.5) is 4.79 Å². The number of rotatable bonds is 2. The maximum atomic E-state index is 11.9. The third-order valence-electron chi connectivity index (χ3n) is 2.50. The van der Waals surface area contributed by atoms with E-state index in [1.165, 1.54) is 7.11 Å². The number of methoxy groups -OCH3 is 1. The van der Waals surface area contributed by atoms with Gasteiger partial charge in [-0.2, -0.15) is 0 Å². The molecule has 1 amide bonds. The van der Waals surface area contributed by atoms with E-state index in [1.807, 2.05) is 32.9 Å². The van der Waals surface area contributed by atoms with Crippen molar-refractivity contribution in [2.75, 3.05) is 20.2 Å². The van der Waals surface area contributed by atoms with Crippen molar-refractivity contribution in [3.05, 3.63) is 12.2 Å². The summed E-state index contributed by atoms with van der Waals surface area (Å²) in [7, 11) is 1.36. The summed E-state index contributed by atoms with van der Waals surface area (Å²) in [5.41, 5.74) is -0.504. The summed E-state index contributed by atoms with van der Waals surface area (Å²) in [6, 6.07) is 0. The minimum Gasteiger partial charge on any atom is -0.469 e. The highest BCUT2D eigenvalue weighted by Gasteiger charge is 2.26. The number of amides is 1. The monoisotopic (exact) mass is 255 g/mol. The van der Waals surface area contributed by atoms with E-state index in [9.17, 15) is 9.59 Å². The smallest absolute Gasteiger partial charge is 0.410 e. The van der Waals surface area contributed by atoms with Gasteiger partial charge in [0.1, 0.15) is 5.60 Å². The normalized spacial score (nSPS) is 19.6. The Morgan fingerprint density at radius 2 is 2.06 bits per heavy atom. The largest absolute Gasteiger partial charge is 0.469 e. The Balaban J connectivity index is 2.53. The molecule has 1 rings (SSSR count). The molecule has 0 aromatic carbocycles. The van der Waals surface area contributed by atoms with Gasteiger partial charge in [-0.15, -0.1) is 0 Å². The van der Waals surface area contributed by atoms with E-state index in [4.69, 9.17) is 4.74 Å². The second-order valence-electron chi connectivity index (χ2n) is 5.35. The molecular weight excluding hydrogens is 234 g/mol. The van der Waals surface area contributed by atoms with Gasteiger partial charge in [0.15, 0.2) is 0 Å². The van der Waals surface area contributed by atoms with Crippen molar-refractivity contribution in [2.24, 2.45) is 5.92 Å². The lowest BCUT2D eigenvalue weighted by atomic mass is 10.0. The van der Waals surface area contributed by atoms with E-state index in [2.05, 4.69) is 4.74 Å². The molecule has 0 aromatic rings. The molecule has 1 aliphatic heterocycles. The third kappa shape index (κ3) is 4.77. The topological polar surface area (TPSA) is 55.8 Å². The predicted octanol–water partition coefficient (Wildman–Crippen LogP) is 1.97. The molecule has 0 saturated carbocycles. The van der Waals surface area contributed by atoms with Gasteiger partial charge < -0.3 is 14.4 Å². The fraction of sp³-hybridized carbons (Fsp3) is 0.692. The maximum Gasteiger partial charge on any atom is 0.410 e. The van der Waals surface area contributed by atoms with Crippen LogP contribution in [-0.4, -0.2) is 42.8 Å². The molecule has 0 aliphatic carbocycles. The van der Waals surface area contributed by atoms with Gasteiger partial charge in [0.25, 0.3) is 0 Å². The molecule has 0 spiro atoms. The minimum atomic E-state index is -0.504. The molecular formula is C13H21NO4. The summed E-state index contributed by atoms with van der Waals surface area (Å²) in [5, 5.41) is 0. The van der Waals surface area contributed by atoms with Crippen LogP contribution in [0.3, 0.4) is 0 Å². The highest BCUT2D eigenvalue weighted by molar-refractivity contribution is 5.71. The Kier molecular flexibility index (Phi) is 4.76. The van der Waals surface area contributed by atoms with Gasteiger partial charge in [0.05, 0.1) is 13.5 Å². The first-order valence-corrected chi connectivity index (χ1v) is 6.03. The van der Waals surface area contributed by atoms with Gasteiger partial charge in [0.2, 0.25) is 0 Å². The Labute approximate surface area is 108 Å². The van der Waals surface area contributed by atoms with Crippen LogP contribution in [0.1, 0.15) is 27.2 Å². The zero-order valence-electron chi connectivity index (χ0n) is 11.4. The van der Waals surface area contributed by atoms with Gasteiger partial charge in [0, 0.05) is 19.0 Å². The summed E-state index contributed by atoms with van der Waals surface area (Å²) in [6.45, 7) is 6.50. The van der Waals surface area contributed by atoms with Crippen molar-refractivity contribution >= 4 is 12.1 Å². The van der Waals surface area contributed by atoms with Crippen molar-refractivity contribution in [3.63, 3.8) is 0 Å². The van der Waals surface area contributed by atoms with Crippen molar-refractivity contribution in [1.29, 1.82) is 0 Å². The average molecular weight is 255 g/mol. The van der Waals surface area contributed by atoms with Crippen molar-refractivity contribution in [1.82, 2.24) is 4.90 Å². The number of esters is 1. The van der Waals surface area contributed by atoms with Crippen LogP contribution in [0, 0.1) is 5.92 Å². The Hall–Kier alpha value is -1.52. The first kappa shape index (κ1) is 14.5. The van der Waals surface area contributed by atoms with Crippen LogP contribution in [0.5, 0.6) is 0 Å². The van der Waals surface area contributed by atoms with E-state index in [1.54, 1.807) is 4.90 Å². The second-order valence-corrected chi connectivity index (χ2v) is 5.35. The maximum absolute atomic E-state index is 11.9. The van der Waals surface area contributed by atoms with Crippen LogP contribution in [0.15, 0.2) is 12.2 Å². The number of carbonyl (C=O) groups excluding carboxylic acids is 2. The summed E-state index contributed by atoms with van der Waals surface area (Å²) in [5.74, 6) is -0.269. The van der Waals surface area contributed by atoms with Gasteiger partial charge in [-0.05, 0) is 20.8 Å². The molecule has 1 atom stereocenters. The molecule has 0 N–H and O–H groups in total. The number of hydrogen-bond acceptors (Lipinski definition) is 4. The summed E-state index contributed by atoms with van der Waals surface area (Å²) in [4.78, 5) is 24.7. The van der Waals surface area contributed by atoms with E-state index < -0.39 is 5.60 Å². The minimum absolute atomic E-state index is 0.00119. The fourth-order valence-corrected chi connectivity index (χ4v) is 1.70. The molecule has 0 bridgehead atoms. The van der Waals surface area contributed by atoms with E-state index in [-0.39, 0.29) is 24.4 Å². The number of nitrogens with zero attached hydrogens (tertiary/aromatic N) is 1. The van der Waals surface area contributed by atoms with E-state index in [0.29, 0.717) is 13.1 Å². The lowest BCUT2D eigenvalue weighted by Crippen LogP contribution is -2.41. The fourth-order valence-electron chi connectivity index (χ4n) is 1.70. The standard InChI is InChI=1S/C13H21NO4/c1-13(2,3)18-12(16)14-7-5-6-10(9-14)8-11(15)17-4/h5-6,10H,7-9H2,1-4H3. The zero-order valence-corrected chi connectivity index (χ0v) is 11.4. The van der Waals surface area contributed by atoms with Crippen molar-refractivity contribution < 1.29 is 19.1 Å². The number of carbonyl (C=O) groups is 2. The molecule has 0 saturated heterocycles. The van der Waals surface area contributed by atoms with Gasteiger partial charge in [-0.1, -0.05) is 12.2 Å². The van der Waals surface area contributed by atoms with Crippen molar-refractivity contribution in [2.45, 2.75) is 32.8 Å². The number of ether oxygens (including phenoxy) is 2. The Morgan fingerprint density at radius 3 is 2.61 bits per heavy atom. The van der Waals surface area contributed by atoms with Crippen LogP contribution >= 0.6 is 0 Å². The predicted molar refractivity (Wildman–Crippen MR) is 67.1 cm³/mol. The van der Waals surface area contributed by atoms with Gasteiger partial charge in [-0.3, -0.25) is 4.79 Å². The van der Waals surface area contributed by atoms with Crippen LogP contribution < -0.4 is 0 Å². The first-order chi connectivity index (χ1) is 8.31. The molecule has 1 aliphatic rings. The zero-order chi connectivity index (χ0) is 13.8. The van der Waals surface area contributed by atoms with E-state index in [0.717, 1.165) is 0 Å². The third-order valence-corrected chi connectivity index (χ3v) is 2.50. The molecule has 102 valence electrons. The summed E-state index contributed by atoms with van der Waals surface area (Å²) < 4.78 is 9.92. The molecule has 1 unspecified atom stereocenters. The van der Waals surface area contributed by atoms with Gasteiger partial charge in [-0.25, -0.2) is 4.79 Å². The molecule has 5 nitrogen and oxygen atoms in total. The van der Waals surface area contributed by atoms with Crippen LogP contribution in [-0.2, 0) is 14.3 Å². The number of hydrogen-bond donors (Lipinski definition) is 0. The highest BCUT2D eigenvalue weighted by atomic mass is 16.6. The lowest BCUT2D eigenvalue weighted by molar-refractivity contribution is -0.141. The summed E-state index contributed by atoms with van der Waals surface area (Å²) >= 11 is 0. The quantitative estimate of drug-likeness (QED) is 0.559. The van der Waals surface area contributed by atoms with Crippen molar-refractivity contribution in [3.8, 4) is 0 Å². The molecule has 0 aromatic heterocycles. The van der Waals surface area contributed by atoms with E-state index >= 15 is 0 Å².